The van der Waals surface area contributed by atoms with Gasteiger partial charge in [0.15, 0.2) is 0 Å². The van der Waals surface area contributed by atoms with Crippen molar-refractivity contribution in [3.8, 4) is 0 Å². The molecule has 0 heterocycles. The van der Waals surface area contributed by atoms with Gasteiger partial charge >= 0.3 is 0 Å². The lowest BCUT2D eigenvalue weighted by molar-refractivity contribution is -0.384. The number of amides is 1. The monoisotopic (exact) mass is 313 g/mol. The van der Waals surface area contributed by atoms with Gasteiger partial charge in [-0.15, -0.1) is 19.0 Å². The van der Waals surface area contributed by atoms with E-state index in [0.717, 1.165) is 5.56 Å². The Balaban J connectivity index is 0.00000400. The summed E-state index contributed by atoms with van der Waals surface area (Å²) in [5.41, 5.74) is 6.14. The van der Waals surface area contributed by atoms with Crippen LogP contribution in [-0.2, 0) is 11.3 Å². The number of hydrogen-bond donors (Lipinski definition) is 1. The molecule has 0 saturated carbocycles. The van der Waals surface area contributed by atoms with Gasteiger partial charge in [-0.1, -0.05) is 18.2 Å². The van der Waals surface area contributed by atoms with Crippen LogP contribution in [0.25, 0.3) is 0 Å². The molecule has 1 amide bonds. The van der Waals surface area contributed by atoms with Crippen molar-refractivity contribution in [2.75, 3.05) is 13.1 Å². The average Bonchev–Trinajstić information content (AvgIpc) is 2.44. The van der Waals surface area contributed by atoms with Crippen molar-refractivity contribution in [1.29, 1.82) is 0 Å². The number of carbonyl (C=O) groups is 1. The van der Waals surface area contributed by atoms with Crippen LogP contribution in [0.4, 0.5) is 5.69 Å². The van der Waals surface area contributed by atoms with E-state index in [-0.39, 0.29) is 24.0 Å². The van der Waals surface area contributed by atoms with Gasteiger partial charge in [0.1, 0.15) is 0 Å². The van der Waals surface area contributed by atoms with Gasteiger partial charge in [-0.05, 0) is 18.5 Å². The van der Waals surface area contributed by atoms with E-state index in [0.29, 0.717) is 32.5 Å². The third kappa shape index (κ3) is 6.37. The smallest absolute Gasteiger partial charge is 0.269 e. The summed E-state index contributed by atoms with van der Waals surface area (Å²) in [5.74, 6) is -0.0261. The predicted molar refractivity (Wildman–Crippen MR) is 84.2 cm³/mol. The highest BCUT2D eigenvalue weighted by Crippen LogP contribution is 2.15. The minimum atomic E-state index is -0.447. The molecule has 1 aromatic carbocycles. The van der Waals surface area contributed by atoms with Crippen LogP contribution in [0, 0.1) is 10.1 Å². The number of rotatable bonds is 8. The van der Waals surface area contributed by atoms with E-state index in [1.54, 1.807) is 23.1 Å². The Morgan fingerprint density at radius 2 is 2.19 bits per heavy atom. The van der Waals surface area contributed by atoms with Gasteiger partial charge < -0.3 is 10.6 Å². The van der Waals surface area contributed by atoms with Crippen molar-refractivity contribution in [2.45, 2.75) is 19.4 Å². The first-order chi connectivity index (χ1) is 9.58. The molecular formula is C14H20ClN3O3. The van der Waals surface area contributed by atoms with E-state index in [1.165, 1.54) is 12.1 Å². The standard InChI is InChI=1S/C14H19N3O3.ClH/c1-2-9-16(14(18)7-4-8-15)11-12-5-3-6-13(10-12)17(19)20;/h2-3,5-6,10H,1,4,7-9,11,15H2;1H. The fraction of sp³-hybridized carbons (Fsp3) is 0.357. The third-order valence-electron chi connectivity index (χ3n) is 2.79. The first kappa shape index (κ1) is 19.1. The lowest BCUT2D eigenvalue weighted by Gasteiger charge is -2.21. The Bertz CT molecular complexity index is 494. The number of nitro benzene ring substituents is 1. The number of carbonyl (C=O) groups excluding carboxylic acids is 1. The van der Waals surface area contributed by atoms with E-state index in [9.17, 15) is 14.9 Å². The second-order valence-corrected chi connectivity index (χ2v) is 4.38. The quantitative estimate of drug-likeness (QED) is 0.453. The first-order valence-corrected chi connectivity index (χ1v) is 6.40. The number of benzene rings is 1. The second-order valence-electron chi connectivity index (χ2n) is 4.38. The molecule has 0 radical (unpaired) electrons. The molecule has 0 unspecified atom stereocenters. The van der Waals surface area contributed by atoms with Crippen LogP contribution in [0.2, 0.25) is 0 Å². The molecule has 0 spiro atoms. The second kappa shape index (κ2) is 9.90. The molecule has 0 aromatic heterocycles. The minimum absolute atomic E-state index is 0. The van der Waals surface area contributed by atoms with Gasteiger partial charge in [0.2, 0.25) is 5.91 Å². The van der Waals surface area contributed by atoms with Crippen molar-refractivity contribution in [3.05, 3.63) is 52.6 Å². The molecule has 0 aliphatic carbocycles. The number of hydrogen-bond acceptors (Lipinski definition) is 4. The van der Waals surface area contributed by atoms with Crippen molar-refractivity contribution < 1.29 is 9.72 Å². The molecule has 0 aliphatic heterocycles. The summed E-state index contributed by atoms with van der Waals surface area (Å²) < 4.78 is 0. The number of nitrogens with zero attached hydrogens (tertiary/aromatic N) is 2. The maximum atomic E-state index is 12.0. The van der Waals surface area contributed by atoms with Gasteiger partial charge in [-0.2, -0.15) is 0 Å². The van der Waals surface area contributed by atoms with Crippen molar-refractivity contribution in [3.63, 3.8) is 0 Å². The van der Waals surface area contributed by atoms with Gasteiger partial charge in [0, 0.05) is 31.6 Å². The summed E-state index contributed by atoms with van der Waals surface area (Å²) >= 11 is 0. The maximum absolute atomic E-state index is 12.0. The largest absolute Gasteiger partial charge is 0.335 e. The highest BCUT2D eigenvalue weighted by atomic mass is 35.5. The predicted octanol–water partition coefficient (Wildman–Crippen LogP) is 2.27. The molecule has 2 N–H and O–H groups in total. The zero-order valence-corrected chi connectivity index (χ0v) is 12.6. The van der Waals surface area contributed by atoms with Gasteiger partial charge in [-0.3, -0.25) is 14.9 Å². The topological polar surface area (TPSA) is 89.5 Å². The van der Waals surface area contributed by atoms with Crippen LogP contribution in [0.5, 0.6) is 0 Å². The van der Waals surface area contributed by atoms with E-state index in [2.05, 4.69) is 6.58 Å². The van der Waals surface area contributed by atoms with Crippen molar-refractivity contribution in [2.24, 2.45) is 5.73 Å². The molecule has 0 saturated heterocycles. The average molecular weight is 314 g/mol. The highest BCUT2D eigenvalue weighted by molar-refractivity contribution is 5.85. The molecular weight excluding hydrogens is 294 g/mol. The fourth-order valence-electron chi connectivity index (χ4n) is 1.81. The van der Waals surface area contributed by atoms with Crippen molar-refractivity contribution in [1.82, 2.24) is 4.90 Å². The van der Waals surface area contributed by atoms with Crippen LogP contribution in [-0.4, -0.2) is 28.8 Å². The molecule has 116 valence electrons. The molecule has 7 heteroatoms. The SMILES string of the molecule is C=CCN(Cc1cccc([N+](=O)[O-])c1)C(=O)CCCN.Cl. The Hall–Kier alpha value is -1.92. The summed E-state index contributed by atoms with van der Waals surface area (Å²) in [6, 6.07) is 6.28. The molecule has 0 fully saturated rings. The Morgan fingerprint density at radius 1 is 1.48 bits per heavy atom. The normalized spacial score (nSPS) is 9.57. The number of nitro groups is 1. The fourth-order valence-corrected chi connectivity index (χ4v) is 1.81. The summed E-state index contributed by atoms with van der Waals surface area (Å²) in [4.78, 5) is 23.9. The Labute approximate surface area is 130 Å². The lowest BCUT2D eigenvalue weighted by atomic mass is 10.1. The number of nitrogens with two attached hydrogens (primary N) is 1. The van der Waals surface area contributed by atoms with Gasteiger partial charge in [0.25, 0.3) is 5.69 Å². The number of halogens is 1. The van der Waals surface area contributed by atoms with E-state index >= 15 is 0 Å². The Kier molecular flexibility index (Phi) is 9.00. The summed E-state index contributed by atoms with van der Waals surface area (Å²) in [7, 11) is 0. The zero-order chi connectivity index (χ0) is 15.0. The van der Waals surface area contributed by atoms with E-state index in [1.807, 2.05) is 0 Å². The number of non-ortho nitro benzene ring substituents is 1. The molecule has 1 rings (SSSR count). The van der Waals surface area contributed by atoms with Gasteiger partial charge in [0.05, 0.1) is 4.92 Å². The molecule has 0 bridgehead atoms. The summed E-state index contributed by atoms with van der Waals surface area (Å²) in [5, 5.41) is 10.7. The van der Waals surface area contributed by atoms with Crippen LogP contribution in [0.1, 0.15) is 18.4 Å². The van der Waals surface area contributed by atoms with Crippen LogP contribution in [0.15, 0.2) is 36.9 Å². The molecule has 0 atom stereocenters. The van der Waals surface area contributed by atoms with Crippen molar-refractivity contribution >= 4 is 24.0 Å². The summed E-state index contributed by atoms with van der Waals surface area (Å²) in [6.07, 6.45) is 2.64. The van der Waals surface area contributed by atoms with Crippen LogP contribution in [0.3, 0.4) is 0 Å². The van der Waals surface area contributed by atoms with E-state index < -0.39 is 4.92 Å². The maximum Gasteiger partial charge on any atom is 0.269 e. The Morgan fingerprint density at radius 3 is 2.76 bits per heavy atom. The summed E-state index contributed by atoms with van der Waals surface area (Å²) in [6.45, 7) is 4.83. The molecule has 21 heavy (non-hydrogen) atoms. The lowest BCUT2D eigenvalue weighted by Crippen LogP contribution is -2.30. The van der Waals surface area contributed by atoms with Crippen LogP contribution >= 0.6 is 12.4 Å². The van der Waals surface area contributed by atoms with E-state index in [4.69, 9.17) is 5.73 Å². The van der Waals surface area contributed by atoms with Crippen LogP contribution < -0.4 is 5.73 Å². The molecule has 0 aliphatic rings. The minimum Gasteiger partial charge on any atom is -0.335 e. The first-order valence-electron chi connectivity index (χ1n) is 6.40. The highest BCUT2D eigenvalue weighted by Gasteiger charge is 2.13. The zero-order valence-electron chi connectivity index (χ0n) is 11.7. The third-order valence-corrected chi connectivity index (χ3v) is 2.79. The van der Waals surface area contributed by atoms with Gasteiger partial charge in [-0.25, -0.2) is 0 Å². The molecule has 6 nitrogen and oxygen atoms in total. The molecule has 1 aromatic rings.